The fourth-order valence-electron chi connectivity index (χ4n) is 2.41. The summed E-state index contributed by atoms with van der Waals surface area (Å²) in [5.74, 6) is 0.719. The van der Waals surface area contributed by atoms with Crippen LogP contribution in [0.3, 0.4) is 0 Å². The second-order valence-electron chi connectivity index (χ2n) is 4.93. The van der Waals surface area contributed by atoms with E-state index in [1.807, 2.05) is 18.2 Å². The highest BCUT2D eigenvalue weighted by Crippen LogP contribution is 2.31. The first-order valence-corrected chi connectivity index (χ1v) is 7.06. The van der Waals surface area contributed by atoms with Gasteiger partial charge in [-0.3, -0.25) is 0 Å². The maximum absolute atomic E-state index is 13.6. The number of hydrogen-bond donors (Lipinski definition) is 1. The Morgan fingerprint density at radius 3 is 2.95 bits per heavy atom. The van der Waals surface area contributed by atoms with Crippen LogP contribution in [-0.2, 0) is 6.42 Å². The molecule has 0 amide bonds. The molecule has 0 bridgehead atoms. The van der Waals surface area contributed by atoms with Crippen LogP contribution in [0.15, 0.2) is 36.4 Å². The molecule has 0 aliphatic carbocycles. The van der Waals surface area contributed by atoms with Crippen LogP contribution in [0.1, 0.15) is 5.56 Å². The third-order valence-corrected chi connectivity index (χ3v) is 3.68. The van der Waals surface area contributed by atoms with Gasteiger partial charge >= 0.3 is 0 Å². The van der Waals surface area contributed by atoms with Crippen molar-refractivity contribution in [1.82, 2.24) is 0 Å². The molecular weight excluding hydrogens is 293 g/mol. The third kappa shape index (κ3) is 3.05. The summed E-state index contributed by atoms with van der Waals surface area (Å²) >= 11 is 5.97. The van der Waals surface area contributed by atoms with Crippen molar-refractivity contribution < 1.29 is 13.9 Å². The molecule has 1 heterocycles. The maximum atomic E-state index is 13.6. The molecule has 2 aromatic rings. The van der Waals surface area contributed by atoms with Crippen LogP contribution in [0.2, 0.25) is 5.02 Å². The Hall–Kier alpha value is -1.94. The molecule has 0 spiro atoms. The molecule has 0 saturated carbocycles. The maximum Gasteiger partial charge on any atom is 0.167 e. The summed E-state index contributed by atoms with van der Waals surface area (Å²) in [6.45, 7) is 0.595. The van der Waals surface area contributed by atoms with Crippen molar-refractivity contribution in [1.29, 1.82) is 0 Å². The first-order chi connectivity index (χ1) is 10.2. The van der Waals surface area contributed by atoms with Gasteiger partial charge in [-0.2, -0.15) is 0 Å². The van der Waals surface area contributed by atoms with Gasteiger partial charge in [-0.1, -0.05) is 11.6 Å². The van der Waals surface area contributed by atoms with Gasteiger partial charge in [0, 0.05) is 23.2 Å². The number of nitrogens with one attached hydrogen (secondary N) is 1. The van der Waals surface area contributed by atoms with Gasteiger partial charge in [0.25, 0.3) is 0 Å². The third-order valence-electron chi connectivity index (χ3n) is 3.45. The Labute approximate surface area is 127 Å². The van der Waals surface area contributed by atoms with E-state index >= 15 is 0 Å². The number of ether oxygens (including phenoxy) is 2. The van der Waals surface area contributed by atoms with E-state index < -0.39 is 0 Å². The SMILES string of the molecule is COc1ccc(NCC2Cc3cc(Cl)ccc3O2)cc1F. The fraction of sp³-hybridized carbons (Fsp3) is 0.250. The van der Waals surface area contributed by atoms with E-state index in [2.05, 4.69) is 5.32 Å². The lowest BCUT2D eigenvalue weighted by atomic mass is 10.1. The summed E-state index contributed by atoms with van der Waals surface area (Å²) in [5.41, 5.74) is 1.81. The minimum absolute atomic E-state index is 0.0172. The van der Waals surface area contributed by atoms with E-state index in [9.17, 15) is 4.39 Å². The first-order valence-electron chi connectivity index (χ1n) is 6.68. The molecular formula is C16H15ClFNO2. The molecule has 1 aliphatic rings. The van der Waals surface area contributed by atoms with Crippen LogP contribution in [0, 0.1) is 5.82 Å². The molecule has 1 aliphatic heterocycles. The van der Waals surface area contributed by atoms with Gasteiger partial charge in [0.05, 0.1) is 13.7 Å². The summed E-state index contributed by atoms with van der Waals surface area (Å²) in [7, 11) is 1.44. The highest BCUT2D eigenvalue weighted by atomic mass is 35.5. The van der Waals surface area contributed by atoms with Gasteiger partial charge in [-0.05, 0) is 35.9 Å². The van der Waals surface area contributed by atoms with Crippen molar-refractivity contribution in [2.24, 2.45) is 0 Å². The lowest BCUT2D eigenvalue weighted by Gasteiger charge is -2.13. The lowest BCUT2D eigenvalue weighted by Crippen LogP contribution is -2.23. The van der Waals surface area contributed by atoms with Crippen LogP contribution in [-0.4, -0.2) is 19.8 Å². The molecule has 21 heavy (non-hydrogen) atoms. The Morgan fingerprint density at radius 2 is 2.19 bits per heavy atom. The first kappa shape index (κ1) is 14.0. The second-order valence-corrected chi connectivity index (χ2v) is 5.36. The molecule has 1 N–H and O–H groups in total. The quantitative estimate of drug-likeness (QED) is 0.929. The van der Waals surface area contributed by atoms with E-state index in [0.29, 0.717) is 17.3 Å². The van der Waals surface area contributed by atoms with Crippen LogP contribution >= 0.6 is 11.6 Å². The van der Waals surface area contributed by atoms with Gasteiger partial charge < -0.3 is 14.8 Å². The summed E-state index contributed by atoms with van der Waals surface area (Å²) in [5, 5.41) is 3.89. The monoisotopic (exact) mass is 307 g/mol. The standard InChI is InChI=1S/C16H15ClFNO2/c1-20-16-5-3-12(8-14(16)18)19-9-13-7-10-6-11(17)2-4-15(10)21-13/h2-6,8,13,19H,7,9H2,1H3. The van der Waals surface area contributed by atoms with E-state index in [0.717, 1.165) is 17.7 Å². The van der Waals surface area contributed by atoms with Crippen LogP contribution in [0.5, 0.6) is 11.5 Å². The number of fused-ring (bicyclic) bond motifs is 1. The predicted octanol–water partition coefficient (Wildman–Crippen LogP) is 3.90. The molecule has 110 valence electrons. The van der Waals surface area contributed by atoms with Crippen LogP contribution < -0.4 is 14.8 Å². The van der Waals surface area contributed by atoms with Crippen molar-refractivity contribution in [3.8, 4) is 11.5 Å². The minimum atomic E-state index is -0.384. The normalized spacial score (nSPS) is 16.2. The van der Waals surface area contributed by atoms with Crippen molar-refractivity contribution in [2.45, 2.75) is 12.5 Å². The highest BCUT2D eigenvalue weighted by Gasteiger charge is 2.22. The molecule has 1 unspecified atom stereocenters. The van der Waals surface area contributed by atoms with Gasteiger partial charge in [0.1, 0.15) is 11.9 Å². The van der Waals surface area contributed by atoms with E-state index in [4.69, 9.17) is 21.1 Å². The number of hydrogen-bond acceptors (Lipinski definition) is 3. The summed E-state index contributed by atoms with van der Waals surface area (Å²) in [6, 6.07) is 10.4. The van der Waals surface area contributed by atoms with Gasteiger partial charge in [-0.25, -0.2) is 4.39 Å². The molecule has 0 aromatic heterocycles. The second kappa shape index (κ2) is 5.82. The minimum Gasteiger partial charge on any atom is -0.494 e. The van der Waals surface area contributed by atoms with E-state index in [1.54, 1.807) is 12.1 Å². The topological polar surface area (TPSA) is 30.5 Å². The zero-order valence-electron chi connectivity index (χ0n) is 11.5. The van der Waals surface area contributed by atoms with Crippen molar-refractivity contribution in [3.63, 3.8) is 0 Å². The predicted molar refractivity (Wildman–Crippen MR) is 81.0 cm³/mol. The van der Waals surface area contributed by atoms with Crippen molar-refractivity contribution in [3.05, 3.63) is 52.8 Å². The van der Waals surface area contributed by atoms with E-state index in [1.165, 1.54) is 13.2 Å². The number of methoxy groups -OCH3 is 1. The summed E-state index contributed by atoms with van der Waals surface area (Å²) < 4.78 is 24.3. The van der Waals surface area contributed by atoms with Gasteiger partial charge in [-0.15, -0.1) is 0 Å². The average molecular weight is 308 g/mol. The van der Waals surface area contributed by atoms with Crippen LogP contribution in [0.4, 0.5) is 10.1 Å². The Bertz CT molecular complexity index is 663. The summed E-state index contributed by atoms with van der Waals surface area (Å²) in [4.78, 5) is 0. The molecule has 0 fully saturated rings. The van der Waals surface area contributed by atoms with Gasteiger partial charge in [0.2, 0.25) is 0 Å². The van der Waals surface area contributed by atoms with Gasteiger partial charge in [0.15, 0.2) is 11.6 Å². The lowest BCUT2D eigenvalue weighted by molar-refractivity contribution is 0.246. The average Bonchev–Trinajstić information content (AvgIpc) is 2.87. The molecule has 0 saturated heterocycles. The zero-order chi connectivity index (χ0) is 14.8. The van der Waals surface area contributed by atoms with Crippen molar-refractivity contribution >= 4 is 17.3 Å². The Balaban J connectivity index is 1.61. The highest BCUT2D eigenvalue weighted by molar-refractivity contribution is 6.30. The Kier molecular flexibility index (Phi) is 3.88. The zero-order valence-corrected chi connectivity index (χ0v) is 12.3. The van der Waals surface area contributed by atoms with Crippen molar-refractivity contribution in [2.75, 3.05) is 19.0 Å². The smallest absolute Gasteiger partial charge is 0.167 e. The van der Waals surface area contributed by atoms with Crippen LogP contribution in [0.25, 0.3) is 0 Å². The Morgan fingerprint density at radius 1 is 1.33 bits per heavy atom. The number of benzene rings is 2. The molecule has 3 nitrogen and oxygen atoms in total. The molecule has 3 rings (SSSR count). The number of anilines is 1. The number of halogens is 2. The largest absolute Gasteiger partial charge is 0.494 e. The molecule has 1 atom stereocenters. The van der Waals surface area contributed by atoms with E-state index in [-0.39, 0.29) is 17.7 Å². The summed E-state index contributed by atoms with van der Waals surface area (Å²) in [6.07, 6.45) is 0.810. The fourth-order valence-corrected chi connectivity index (χ4v) is 2.61. The number of rotatable bonds is 4. The molecule has 5 heteroatoms. The molecule has 2 aromatic carbocycles. The molecule has 0 radical (unpaired) electrons.